The Morgan fingerprint density at radius 2 is 1.96 bits per heavy atom. The van der Waals surface area contributed by atoms with Crippen LogP contribution in [0.1, 0.15) is 22.3 Å². The van der Waals surface area contributed by atoms with Crippen molar-refractivity contribution in [2.75, 3.05) is 11.4 Å². The van der Waals surface area contributed by atoms with Crippen LogP contribution in [0.5, 0.6) is 11.6 Å². The van der Waals surface area contributed by atoms with Crippen molar-refractivity contribution in [2.45, 2.75) is 12.8 Å². The molecule has 2 aromatic carbocycles. The maximum absolute atomic E-state index is 13.2. The summed E-state index contributed by atoms with van der Waals surface area (Å²) in [7, 11) is 0. The van der Waals surface area contributed by atoms with Gasteiger partial charge in [-0.15, -0.1) is 0 Å². The fourth-order valence-electron chi connectivity index (χ4n) is 3.17. The number of aromatic nitrogens is 1. The lowest BCUT2D eigenvalue weighted by atomic mass is 10.0. The first-order valence-electron chi connectivity index (χ1n) is 8.50. The first kappa shape index (κ1) is 16.8. The minimum absolute atomic E-state index is 0.0877. The molecule has 0 spiro atoms. The Labute approximate surface area is 160 Å². The van der Waals surface area contributed by atoms with Gasteiger partial charge in [-0.2, -0.15) is 0 Å². The molecule has 2 heterocycles. The molecule has 0 N–H and O–H groups in total. The van der Waals surface area contributed by atoms with E-state index < -0.39 is 0 Å². The van der Waals surface area contributed by atoms with Crippen LogP contribution in [0.15, 0.2) is 71.3 Å². The van der Waals surface area contributed by atoms with Gasteiger partial charge in [-0.05, 0) is 54.8 Å². The summed E-state index contributed by atoms with van der Waals surface area (Å²) in [5.41, 5.74) is 2.63. The number of pyridine rings is 1. The van der Waals surface area contributed by atoms with Crippen LogP contribution in [0, 0.1) is 0 Å². The third kappa shape index (κ3) is 3.35. The number of ether oxygens (including phenoxy) is 1. The predicted molar refractivity (Wildman–Crippen MR) is 105 cm³/mol. The van der Waals surface area contributed by atoms with E-state index in [1.165, 1.54) is 5.56 Å². The Morgan fingerprint density at radius 3 is 2.85 bits per heavy atom. The molecule has 0 saturated heterocycles. The minimum Gasteiger partial charge on any atom is -0.438 e. The quantitative estimate of drug-likeness (QED) is 0.595. The van der Waals surface area contributed by atoms with E-state index in [4.69, 9.17) is 4.74 Å². The van der Waals surface area contributed by atoms with Crippen LogP contribution in [-0.2, 0) is 6.42 Å². The Hall–Kier alpha value is -2.66. The summed E-state index contributed by atoms with van der Waals surface area (Å²) in [5, 5.41) is 0. The van der Waals surface area contributed by atoms with Crippen molar-refractivity contribution in [1.82, 2.24) is 4.98 Å². The second-order valence-corrected chi connectivity index (χ2v) is 7.02. The molecule has 4 nitrogen and oxygen atoms in total. The molecule has 0 unspecified atom stereocenters. The Bertz CT molecular complexity index is 958. The molecule has 1 aromatic heterocycles. The van der Waals surface area contributed by atoms with Crippen molar-refractivity contribution in [2.24, 2.45) is 0 Å². The number of aryl methyl sites for hydroxylation is 1. The van der Waals surface area contributed by atoms with Gasteiger partial charge in [0, 0.05) is 22.9 Å². The topological polar surface area (TPSA) is 42.4 Å². The number of hydrogen-bond donors (Lipinski definition) is 0. The maximum Gasteiger partial charge on any atom is 0.263 e. The van der Waals surface area contributed by atoms with E-state index in [2.05, 4.69) is 27.0 Å². The lowest BCUT2D eigenvalue weighted by molar-refractivity contribution is 0.0982. The van der Waals surface area contributed by atoms with Gasteiger partial charge in [-0.3, -0.25) is 4.79 Å². The normalized spacial score (nSPS) is 13.2. The van der Waals surface area contributed by atoms with Gasteiger partial charge in [0.15, 0.2) is 0 Å². The van der Waals surface area contributed by atoms with E-state index in [0.29, 0.717) is 23.7 Å². The second kappa shape index (κ2) is 7.30. The number of anilines is 1. The van der Waals surface area contributed by atoms with Crippen LogP contribution in [0.25, 0.3) is 0 Å². The highest BCUT2D eigenvalue weighted by Gasteiger charge is 2.26. The van der Waals surface area contributed by atoms with Crippen molar-refractivity contribution >= 4 is 27.5 Å². The van der Waals surface area contributed by atoms with Crippen molar-refractivity contribution in [3.8, 4) is 11.6 Å². The van der Waals surface area contributed by atoms with Gasteiger partial charge in [-0.25, -0.2) is 4.98 Å². The molecule has 0 aliphatic carbocycles. The molecular formula is C21H17BrN2O2. The largest absolute Gasteiger partial charge is 0.438 e. The number of hydrogen-bond acceptors (Lipinski definition) is 3. The van der Waals surface area contributed by atoms with Gasteiger partial charge >= 0.3 is 0 Å². The van der Waals surface area contributed by atoms with Crippen molar-refractivity contribution in [3.63, 3.8) is 0 Å². The molecule has 0 saturated carbocycles. The SMILES string of the molecule is O=C(c1cccnc1Oc1cccc(Br)c1)N1CCCc2ccccc21. The summed E-state index contributed by atoms with van der Waals surface area (Å²) in [4.78, 5) is 19.4. The zero-order valence-corrected chi connectivity index (χ0v) is 15.6. The molecule has 130 valence electrons. The highest BCUT2D eigenvalue weighted by atomic mass is 79.9. The Morgan fingerprint density at radius 1 is 1.08 bits per heavy atom. The number of rotatable bonds is 3. The Kier molecular flexibility index (Phi) is 4.71. The van der Waals surface area contributed by atoms with Crippen LogP contribution < -0.4 is 9.64 Å². The number of benzene rings is 2. The average Bonchev–Trinajstić information content (AvgIpc) is 2.67. The third-order valence-corrected chi connectivity index (χ3v) is 4.86. The Balaban J connectivity index is 1.68. The first-order valence-corrected chi connectivity index (χ1v) is 9.30. The molecule has 1 amide bonds. The van der Waals surface area contributed by atoms with Crippen molar-refractivity contribution in [1.29, 1.82) is 0 Å². The zero-order valence-electron chi connectivity index (χ0n) is 14.1. The molecule has 0 fully saturated rings. The van der Waals surface area contributed by atoms with Gasteiger partial charge in [0.1, 0.15) is 11.3 Å². The zero-order chi connectivity index (χ0) is 17.9. The number of amides is 1. The lowest BCUT2D eigenvalue weighted by Crippen LogP contribution is -2.35. The molecule has 5 heteroatoms. The smallest absolute Gasteiger partial charge is 0.263 e. The lowest BCUT2D eigenvalue weighted by Gasteiger charge is -2.29. The van der Waals surface area contributed by atoms with Gasteiger partial charge in [0.2, 0.25) is 5.88 Å². The molecule has 0 bridgehead atoms. The number of carbonyl (C=O) groups is 1. The van der Waals surface area contributed by atoms with Gasteiger partial charge in [0.05, 0.1) is 0 Å². The van der Waals surface area contributed by atoms with Crippen LogP contribution in [0.2, 0.25) is 0 Å². The van der Waals surface area contributed by atoms with E-state index in [1.54, 1.807) is 18.3 Å². The first-order chi connectivity index (χ1) is 12.7. The monoisotopic (exact) mass is 408 g/mol. The molecule has 1 aliphatic heterocycles. The number of carbonyl (C=O) groups excluding carboxylic acids is 1. The van der Waals surface area contributed by atoms with Gasteiger partial charge in [-0.1, -0.05) is 40.2 Å². The maximum atomic E-state index is 13.2. The molecule has 26 heavy (non-hydrogen) atoms. The summed E-state index contributed by atoms with van der Waals surface area (Å²) >= 11 is 3.43. The number of fused-ring (bicyclic) bond motifs is 1. The van der Waals surface area contributed by atoms with Crippen LogP contribution in [0.4, 0.5) is 5.69 Å². The number of halogens is 1. The van der Waals surface area contributed by atoms with Gasteiger partial charge < -0.3 is 9.64 Å². The average molecular weight is 409 g/mol. The second-order valence-electron chi connectivity index (χ2n) is 6.10. The summed E-state index contributed by atoms with van der Waals surface area (Å²) in [6, 6.07) is 19.1. The van der Waals surface area contributed by atoms with Crippen LogP contribution in [-0.4, -0.2) is 17.4 Å². The van der Waals surface area contributed by atoms with E-state index >= 15 is 0 Å². The highest BCUT2D eigenvalue weighted by Crippen LogP contribution is 2.31. The highest BCUT2D eigenvalue weighted by molar-refractivity contribution is 9.10. The molecule has 4 rings (SSSR count). The van der Waals surface area contributed by atoms with Crippen LogP contribution >= 0.6 is 15.9 Å². The van der Waals surface area contributed by atoms with E-state index in [1.807, 2.05) is 47.4 Å². The summed E-state index contributed by atoms with van der Waals surface area (Å²) < 4.78 is 6.81. The molecule has 0 atom stereocenters. The standard InChI is InChI=1S/C21H17BrN2O2/c22-16-8-3-9-17(14-16)26-20-18(10-4-12-23-20)21(25)24-13-5-7-15-6-1-2-11-19(15)24/h1-4,6,8-12,14H,5,7,13H2. The van der Waals surface area contributed by atoms with E-state index in [-0.39, 0.29) is 5.91 Å². The van der Waals surface area contributed by atoms with Crippen molar-refractivity contribution < 1.29 is 9.53 Å². The summed E-state index contributed by atoms with van der Waals surface area (Å²) in [6.45, 7) is 0.696. The summed E-state index contributed by atoms with van der Waals surface area (Å²) in [5.74, 6) is 0.861. The number of para-hydroxylation sites is 1. The molecular weight excluding hydrogens is 392 g/mol. The fraction of sp³-hybridized carbons (Fsp3) is 0.143. The summed E-state index contributed by atoms with van der Waals surface area (Å²) in [6.07, 6.45) is 3.58. The predicted octanol–water partition coefficient (Wildman–Crippen LogP) is 5.23. The third-order valence-electron chi connectivity index (χ3n) is 4.37. The van der Waals surface area contributed by atoms with Crippen LogP contribution in [0.3, 0.4) is 0 Å². The van der Waals surface area contributed by atoms with E-state index in [0.717, 1.165) is 23.0 Å². The fourth-order valence-corrected chi connectivity index (χ4v) is 3.55. The minimum atomic E-state index is -0.0877. The van der Waals surface area contributed by atoms with E-state index in [9.17, 15) is 4.79 Å². The molecule has 3 aromatic rings. The number of nitrogens with zero attached hydrogens (tertiary/aromatic N) is 2. The molecule has 0 radical (unpaired) electrons. The molecule has 1 aliphatic rings. The van der Waals surface area contributed by atoms with Gasteiger partial charge in [0.25, 0.3) is 5.91 Å². The van der Waals surface area contributed by atoms with Crippen molar-refractivity contribution in [3.05, 3.63) is 82.5 Å².